The summed E-state index contributed by atoms with van der Waals surface area (Å²) in [6.07, 6.45) is 0.0946. The molecule has 2 rings (SSSR count). The molecule has 1 atom stereocenters. The van der Waals surface area contributed by atoms with Gasteiger partial charge in [-0.2, -0.15) is 0 Å². The van der Waals surface area contributed by atoms with Gasteiger partial charge in [-0.1, -0.05) is 45.7 Å². The van der Waals surface area contributed by atoms with Crippen LogP contribution in [0.4, 0.5) is 4.39 Å². The maximum atomic E-state index is 14.2. The van der Waals surface area contributed by atoms with Crippen LogP contribution in [0.15, 0.2) is 40.9 Å². The van der Waals surface area contributed by atoms with Crippen LogP contribution in [0.5, 0.6) is 5.75 Å². The number of halogens is 3. The molecule has 0 amide bonds. The van der Waals surface area contributed by atoms with E-state index in [0.29, 0.717) is 16.1 Å². The molecule has 0 heterocycles. The Kier molecular flexibility index (Phi) is 4.91. The third kappa shape index (κ3) is 3.57. The lowest BCUT2D eigenvalue weighted by molar-refractivity contribution is 0.0567. The van der Waals surface area contributed by atoms with E-state index >= 15 is 0 Å². The molecule has 0 fully saturated rings. The van der Waals surface area contributed by atoms with Crippen LogP contribution in [0, 0.1) is 5.82 Å². The van der Waals surface area contributed by atoms with Crippen LogP contribution in [0.2, 0.25) is 5.02 Å². The Hall–Kier alpha value is -1.10. The molecule has 5 heteroatoms. The van der Waals surface area contributed by atoms with E-state index in [1.54, 1.807) is 43.3 Å². The molecular weight excluding hydrogens is 359 g/mol. The fourth-order valence-corrected chi connectivity index (χ4v) is 3.12. The van der Waals surface area contributed by atoms with Gasteiger partial charge in [0.1, 0.15) is 0 Å². The quantitative estimate of drug-likeness (QED) is 0.842. The molecule has 0 radical (unpaired) electrons. The van der Waals surface area contributed by atoms with Crippen molar-refractivity contribution in [3.63, 3.8) is 0 Å². The lowest BCUT2D eigenvalue weighted by Crippen LogP contribution is -2.25. The summed E-state index contributed by atoms with van der Waals surface area (Å²) in [7, 11) is 1.41. The first-order valence-corrected chi connectivity index (χ1v) is 7.51. The Morgan fingerprint density at radius 3 is 2.67 bits per heavy atom. The van der Waals surface area contributed by atoms with Gasteiger partial charge in [-0.3, -0.25) is 0 Å². The van der Waals surface area contributed by atoms with Gasteiger partial charge >= 0.3 is 0 Å². The predicted octanol–water partition coefficient (Wildman–Crippen LogP) is 4.70. The highest BCUT2D eigenvalue weighted by atomic mass is 79.9. The lowest BCUT2D eigenvalue weighted by Gasteiger charge is -2.25. The Balaban J connectivity index is 2.37. The van der Waals surface area contributed by atoms with E-state index in [4.69, 9.17) is 16.3 Å². The standard InChI is InChI=1S/C16H15BrClFO2/c1-16(20,12-7-6-11(17)8-13(12)18)9-10-4-3-5-14(21-2)15(10)19/h3-8,20H,9H2,1-2H3. The number of ether oxygens (including phenoxy) is 1. The fraction of sp³-hybridized carbons (Fsp3) is 0.250. The molecule has 0 saturated heterocycles. The zero-order valence-electron chi connectivity index (χ0n) is 11.7. The average molecular weight is 374 g/mol. The molecule has 112 valence electrons. The van der Waals surface area contributed by atoms with E-state index in [1.807, 2.05) is 0 Å². The molecule has 0 saturated carbocycles. The zero-order valence-corrected chi connectivity index (χ0v) is 14.0. The van der Waals surface area contributed by atoms with Gasteiger partial charge in [0.25, 0.3) is 0 Å². The van der Waals surface area contributed by atoms with Crippen LogP contribution < -0.4 is 4.74 Å². The summed E-state index contributed by atoms with van der Waals surface area (Å²) in [6, 6.07) is 10.1. The van der Waals surface area contributed by atoms with Crippen LogP contribution >= 0.6 is 27.5 Å². The highest BCUT2D eigenvalue weighted by molar-refractivity contribution is 9.10. The number of hydrogen-bond donors (Lipinski definition) is 1. The Morgan fingerprint density at radius 1 is 1.33 bits per heavy atom. The van der Waals surface area contributed by atoms with Crippen LogP contribution in [0.3, 0.4) is 0 Å². The van der Waals surface area contributed by atoms with Crippen LogP contribution in [-0.2, 0) is 12.0 Å². The van der Waals surface area contributed by atoms with Gasteiger partial charge in [-0.15, -0.1) is 0 Å². The van der Waals surface area contributed by atoms with E-state index in [1.165, 1.54) is 7.11 Å². The van der Waals surface area contributed by atoms with Gasteiger partial charge in [0.15, 0.2) is 11.6 Å². The minimum absolute atomic E-state index is 0.0946. The maximum Gasteiger partial charge on any atom is 0.168 e. The molecular formula is C16H15BrClFO2. The number of hydrogen-bond acceptors (Lipinski definition) is 2. The zero-order chi connectivity index (χ0) is 15.6. The van der Waals surface area contributed by atoms with E-state index in [2.05, 4.69) is 15.9 Å². The molecule has 1 unspecified atom stereocenters. The molecule has 0 aliphatic heterocycles. The second-order valence-corrected chi connectivity index (χ2v) is 6.33. The van der Waals surface area contributed by atoms with Gasteiger partial charge in [0.05, 0.1) is 12.7 Å². The summed E-state index contributed by atoms with van der Waals surface area (Å²) in [6.45, 7) is 1.61. The molecule has 0 aromatic heterocycles. The van der Waals surface area contributed by atoms with Crippen molar-refractivity contribution in [2.75, 3.05) is 7.11 Å². The van der Waals surface area contributed by atoms with Crippen molar-refractivity contribution < 1.29 is 14.2 Å². The SMILES string of the molecule is COc1cccc(CC(C)(O)c2ccc(Br)cc2Cl)c1F. The number of benzene rings is 2. The largest absolute Gasteiger partial charge is 0.494 e. The monoisotopic (exact) mass is 372 g/mol. The summed E-state index contributed by atoms with van der Waals surface area (Å²) in [5.41, 5.74) is -0.363. The smallest absolute Gasteiger partial charge is 0.168 e. The summed E-state index contributed by atoms with van der Waals surface area (Å²) < 4.78 is 20.0. The van der Waals surface area contributed by atoms with Crippen LogP contribution in [0.25, 0.3) is 0 Å². The van der Waals surface area contributed by atoms with Gasteiger partial charge in [0, 0.05) is 21.5 Å². The molecule has 2 aromatic rings. The molecule has 0 spiro atoms. The van der Waals surface area contributed by atoms with Gasteiger partial charge in [-0.05, 0) is 30.7 Å². The maximum absolute atomic E-state index is 14.2. The Morgan fingerprint density at radius 2 is 2.05 bits per heavy atom. The summed E-state index contributed by atoms with van der Waals surface area (Å²) in [5, 5.41) is 11.1. The van der Waals surface area contributed by atoms with Crippen molar-refractivity contribution in [3.05, 3.63) is 62.8 Å². The topological polar surface area (TPSA) is 29.5 Å². The minimum Gasteiger partial charge on any atom is -0.494 e. The van der Waals surface area contributed by atoms with E-state index in [0.717, 1.165) is 4.47 Å². The summed E-state index contributed by atoms with van der Waals surface area (Å²) in [4.78, 5) is 0. The van der Waals surface area contributed by atoms with Crippen molar-refractivity contribution >= 4 is 27.5 Å². The van der Waals surface area contributed by atoms with Gasteiger partial charge in [-0.25, -0.2) is 4.39 Å². The number of rotatable bonds is 4. The van der Waals surface area contributed by atoms with Crippen molar-refractivity contribution in [1.29, 1.82) is 0 Å². The highest BCUT2D eigenvalue weighted by Gasteiger charge is 2.28. The Bertz CT molecular complexity index is 659. The predicted molar refractivity (Wildman–Crippen MR) is 85.4 cm³/mol. The second kappa shape index (κ2) is 6.34. The van der Waals surface area contributed by atoms with Crippen molar-refractivity contribution in [3.8, 4) is 5.75 Å². The second-order valence-electron chi connectivity index (χ2n) is 5.01. The molecule has 2 aromatic carbocycles. The van der Waals surface area contributed by atoms with Gasteiger partial charge < -0.3 is 9.84 Å². The van der Waals surface area contributed by atoms with Crippen molar-refractivity contribution in [1.82, 2.24) is 0 Å². The van der Waals surface area contributed by atoms with Crippen LogP contribution in [0.1, 0.15) is 18.1 Å². The molecule has 0 aliphatic carbocycles. The number of aliphatic hydroxyl groups is 1. The molecule has 2 nitrogen and oxygen atoms in total. The summed E-state index contributed by atoms with van der Waals surface area (Å²) in [5.74, 6) is -0.307. The first kappa shape index (κ1) is 16.3. The lowest BCUT2D eigenvalue weighted by atomic mass is 9.89. The van der Waals surface area contributed by atoms with E-state index < -0.39 is 11.4 Å². The van der Waals surface area contributed by atoms with Crippen LogP contribution in [-0.4, -0.2) is 12.2 Å². The first-order valence-electron chi connectivity index (χ1n) is 6.34. The molecule has 0 aliphatic rings. The molecule has 1 N–H and O–H groups in total. The molecule has 21 heavy (non-hydrogen) atoms. The van der Waals surface area contributed by atoms with E-state index in [9.17, 15) is 9.50 Å². The molecule has 0 bridgehead atoms. The third-order valence-corrected chi connectivity index (χ3v) is 4.12. The van der Waals surface area contributed by atoms with Crippen molar-refractivity contribution in [2.45, 2.75) is 18.9 Å². The van der Waals surface area contributed by atoms with Crippen molar-refractivity contribution in [2.24, 2.45) is 0 Å². The normalized spacial score (nSPS) is 13.8. The minimum atomic E-state index is -1.29. The van der Waals surface area contributed by atoms with Gasteiger partial charge in [0.2, 0.25) is 0 Å². The first-order chi connectivity index (χ1) is 9.85. The number of methoxy groups -OCH3 is 1. The third-order valence-electron chi connectivity index (χ3n) is 3.31. The fourth-order valence-electron chi connectivity index (χ4n) is 2.24. The Labute approximate surface area is 136 Å². The highest BCUT2D eigenvalue weighted by Crippen LogP contribution is 2.34. The summed E-state index contributed by atoms with van der Waals surface area (Å²) >= 11 is 9.49. The van der Waals surface area contributed by atoms with E-state index in [-0.39, 0.29) is 12.2 Å². The average Bonchev–Trinajstić information content (AvgIpc) is 2.40.